The van der Waals surface area contributed by atoms with Gasteiger partial charge in [0.25, 0.3) is 0 Å². The Hall–Kier alpha value is -3.41. The van der Waals surface area contributed by atoms with Gasteiger partial charge in [-0.3, -0.25) is 14.4 Å². The van der Waals surface area contributed by atoms with Crippen LogP contribution in [0.4, 0.5) is 0 Å². The van der Waals surface area contributed by atoms with Gasteiger partial charge < -0.3 is 14.2 Å². The van der Waals surface area contributed by atoms with Crippen molar-refractivity contribution in [3.8, 4) is 0 Å². The Morgan fingerprint density at radius 2 is 0.645 bits per heavy atom. The van der Waals surface area contributed by atoms with Crippen molar-refractivity contribution in [2.24, 2.45) is 0 Å². The summed E-state index contributed by atoms with van der Waals surface area (Å²) in [5, 5.41) is 0. The van der Waals surface area contributed by atoms with Gasteiger partial charge in [0.2, 0.25) is 0 Å². The van der Waals surface area contributed by atoms with Crippen molar-refractivity contribution in [3.05, 3.63) is 85.1 Å². The molecule has 0 aromatic carbocycles. The van der Waals surface area contributed by atoms with Crippen molar-refractivity contribution in [2.45, 2.75) is 239 Å². The van der Waals surface area contributed by atoms with Crippen LogP contribution >= 0.6 is 0 Å². The van der Waals surface area contributed by atoms with Crippen LogP contribution in [0.25, 0.3) is 0 Å². The van der Waals surface area contributed by atoms with Gasteiger partial charge >= 0.3 is 17.9 Å². The van der Waals surface area contributed by atoms with Gasteiger partial charge in [-0.2, -0.15) is 0 Å². The van der Waals surface area contributed by atoms with Gasteiger partial charge in [-0.05, 0) is 109 Å². The summed E-state index contributed by atoms with van der Waals surface area (Å²) in [6, 6.07) is 0. The van der Waals surface area contributed by atoms with Gasteiger partial charge in [-0.15, -0.1) is 0 Å². The van der Waals surface area contributed by atoms with Crippen molar-refractivity contribution < 1.29 is 28.6 Å². The summed E-state index contributed by atoms with van der Waals surface area (Å²) >= 11 is 0. The number of rotatable bonds is 45. The number of hydrogen-bond donors (Lipinski definition) is 0. The number of esters is 3. The molecule has 0 saturated heterocycles. The molecule has 0 aliphatic carbocycles. The Morgan fingerprint density at radius 3 is 1.11 bits per heavy atom. The molecule has 0 aliphatic heterocycles. The molecule has 6 heteroatoms. The third-order valence-electron chi connectivity index (χ3n) is 10.6. The number of allylic oxidation sites excluding steroid dienone is 14. The molecule has 0 aromatic heterocycles. The monoisotopic (exact) mass is 863 g/mol. The van der Waals surface area contributed by atoms with Crippen LogP contribution in [0.5, 0.6) is 0 Å². The molecule has 0 fully saturated rings. The fraction of sp³-hybridized carbons (Fsp3) is 0.696. The van der Waals surface area contributed by atoms with Crippen LogP contribution in [0.2, 0.25) is 0 Å². The van der Waals surface area contributed by atoms with Crippen LogP contribution in [0, 0.1) is 0 Å². The lowest BCUT2D eigenvalue weighted by molar-refractivity contribution is -0.167. The number of carbonyl (C=O) groups excluding carboxylic acids is 3. The van der Waals surface area contributed by atoms with E-state index in [1.165, 1.54) is 96.3 Å². The van der Waals surface area contributed by atoms with E-state index in [0.717, 1.165) is 89.9 Å². The largest absolute Gasteiger partial charge is 0.462 e. The molecule has 0 aliphatic rings. The predicted octanol–water partition coefficient (Wildman–Crippen LogP) is 16.8. The minimum atomic E-state index is -0.820. The summed E-state index contributed by atoms with van der Waals surface area (Å²) in [7, 11) is 0. The maximum atomic E-state index is 12.7. The van der Waals surface area contributed by atoms with Crippen LogP contribution in [-0.2, 0) is 28.6 Å². The third kappa shape index (κ3) is 47.6. The van der Waals surface area contributed by atoms with Crippen LogP contribution in [0.15, 0.2) is 85.1 Å². The topological polar surface area (TPSA) is 78.9 Å². The molecule has 62 heavy (non-hydrogen) atoms. The fourth-order valence-electron chi connectivity index (χ4n) is 6.76. The number of unbranched alkanes of at least 4 members (excludes halogenated alkanes) is 20. The van der Waals surface area contributed by atoms with Gasteiger partial charge in [-0.1, -0.05) is 189 Å². The van der Waals surface area contributed by atoms with Crippen LogP contribution in [0.3, 0.4) is 0 Å². The standard InChI is InChI=1S/C56H94O6/c1-4-7-10-13-16-19-21-23-25-27-29-30-32-34-37-40-43-46-49-55(58)61-52-53(51-60-54(57)48-45-42-39-36-18-15-12-9-6-3)62-56(59)50-47-44-41-38-35-33-31-28-26-24-22-20-17-14-11-8-5-2/h9,12,17-18,20,24,26,29-31,33,36,38,41,53H,4-8,10-11,13-16,19,21-23,25,27-28,32,34-35,37,39-40,42-52H2,1-3H3/b12-9-,20-17-,26-24-,30-29-,33-31-,36-18-,41-38-. The highest BCUT2D eigenvalue weighted by Crippen LogP contribution is 2.13. The third-order valence-corrected chi connectivity index (χ3v) is 10.6. The second kappa shape index (κ2) is 50.2. The number of ether oxygens (including phenoxy) is 3. The lowest BCUT2D eigenvalue weighted by Crippen LogP contribution is -2.30. The number of carbonyl (C=O) groups is 3. The van der Waals surface area contributed by atoms with Crippen LogP contribution in [0.1, 0.15) is 233 Å². The Kier molecular flexibility index (Phi) is 47.5. The molecule has 0 N–H and O–H groups in total. The number of hydrogen-bond acceptors (Lipinski definition) is 6. The summed E-state index contributed by atoms with van der Waals surface area (Å²) in [6.45, 7) is 6.39. The second-order valence-corrected chi connectivity index (χ2v) is 16.7. The smallest absolute Gasteiger partial charge is 0.306 e. The van der Waals surface area contributed by atoms with Crippen molar-refractivity contribution in [3.63, 3.8) is 0 Å². The van der Waals surface area contributed by atoms with E-state index in [0.29, 0.717) is 19.3 Å². The normalized spacial score (nSPS) is 12.8. The average Bonchev–Trinajstić information content (AvgIpc) is 3.27. The first-order valence-electron chi connectivity index (χ1n) is 25.6. The quantitative estimate of drug-likeness (QED) is 0.0263. The minimum Gasteiger partial charge on any atom is -0.462 e. The Labute approximate surface area is 382 Å². The molecule has 6 nitrogen and oxygen atoms in total. The first-order valence-corrected chi connectivity index (χ1v) is 25.6. The molecule has 1 unspecified atom stereocenters. The van der Waals surface area contributed by atoms with Crippen molar-refractivity contribution in [1.29, 1.82) is 0 Å². The van der Waals surface area contributed by atoms with E-state index in [1.807, 2.05) is 0 Å². The van der Waals surface area contributed by atoms with E-state index in [-0.39, 0.29) is 37.5 Å². The minimum absolute atomic E-state index is 0.113. The lowest BCUT2D eigenvalue weighted by Gasteiger charge is -2.18. The summed E-state index contributed by atoms with van der Waals surface area (Å²) in [4.78, 5) is 37.8. The molecule has 0 saturated carbocycles. The molecule has 0 rings (SSSR count). The molecule has 0 aromatic rings. The van der Waals surface area contributed by atoms with Crippen LogP contribution in [-0.4, -0.2) is 37.2 Å². The zero-order valence-corrected chi connectivity index (χ0v) is 40.4. The second-order valence-electron chi connectivity index (χ2n) is 16.7. The maximum Gasteiger partial charge on any atom is 0.306 e. The van der Waals surface area contributed by atoms with E-state index in [2.05, 4.69) is 106 Å². The Balaban J connectivity index is 4.44. The molecule has 1 atom stereocenters. The van der Waals surface area contributed by atoms with Gasteiger partial charge in [0.1, 0.15) is 13.2 Å². The van der Waals surface area contributed by atoms with Crippen molar-refractivity contribution >= 4 is 17.9 Å². The summed E-state index contributed by atoms with van der Waals surface area (Å²) in [5.41, 5.74) is 0. The zero-order valence-electron chi connectivity index (χ0n) is 40.4. The summed E-state index contributed by atoms with van der Waals surface area (Å²) in [5.74, 6) is -1.02. The highest BCUT2D eigenvalue weighted by molar-refractivity contribution is 5.71. The highest BCUT2D eigenvalue weighted by Gasteiger charge is 2.19. The van der Waals surface area contributed by atoms with Gasteiger partial charge in [0.15, 0.2) is 6.10 Å². The molecule has 0 spiro atoms. The van der Waals surface area contributed by atoms with Crippen molar-refractivity contribution in [2.75, 3.05) is 13.2 Å². The van der Waals surface area contributed by atoms with E-state index in [1.54, 1.807) is 0 Å². The van der Waals surface area contributed by atoms with E-state index >= 15 is 0 Å². The van der Waals surface area contributed by atoms with E-state index in [9.17, 15) is 14.4 Å². The summed E-state index contributed by atoms with van der Waals surface area (Å²) in [6.07, 6.45) is 64.5. The van der Waals surface area contributed by atoms with Gasteiger partial charge in [0.05, 0.1) is 0 Å². The SMILES string of the molecule is CC/C=C\C/C=C\CCCCC(=O)OCC(COC(=O)CCCCCCC/C=C\CCCCCCCCCCC)OC(=O)CCC/C=C\C/C=C\C/C=C\C/C=C\CCCCC. The molecular weight excluding hydrogens is 769 g/mol. The average molecular weight is 863 g/mol. The molecular formula is C56H94O6. The molecule has 0 radical (unpaired) electrons. The molecule has 0 heterocycles. The molecule has 354 valence electrons. The first kappa shape index (κ1) is 58.6. The van der Waals surface area contributed by atoms with Crippen molar-refractivity contribution in [1.82, 2.24) is 0 Å². The van der Waals surface area contributed by atoms with Crippen LogP contribution < -0.4 is 0 Å². The molecule has 0 amide bonds. The predicted molar refractivity (Wildman–Crippen MR) is 265 cm³/mol. The fourth-order valence-corrected chi connectivity index (χ4v) is 6.76. The van der Waals surface area contributed by atoms with Gasteiger partial charge in [0, 0.05) is 19.3 Å². The highest BCUT2D eigenvalue weighted by atomic mass is 16.6. The summed E-state index contributed by atoms with van der Waals surface area (Å²) < 4.78 is 16.7. The van der Waals surface area contributed by atoms with E-state index < -0.39 is 6.10 Å². The first-order chi connectivity index (χ1) is 30.5. The Bertz CT molecular complexity index is 1220. The maximum absolute atomic E-state index is 12.7. The Morgan fingerprint density at radius 1 is 0.339 bits per heavy atom. The lowest BCUT2D eigenvalue weighted by atomic mass is 10.1. The van der Waals surface area contributed by atoms with E-state index in [4.69, 9.17) is 14.2 Å². The van der Waals surface area contributed by atoms with Gasteiger partial charge in [-0.25, -0.2) is 0 Å². The molecule has 0 bridgehead atoms. The zero-order chi connectivity index (χ0) is 45.1.